The summed E-state index contributed by atoms with van der Waals surface area (Å²) in [4.78, 5) is 16.7. The van der Waals surface area contributed by atoms with Crippen molar-refractivity contribution in [2.75, 3.05) is 0 Å². The number of benzene rings is 2. The Bertz CT molecular complexity index is 1170. The van der Waals surface area contributed by atoms with Crippen LogP contribution in [0.25, 0.3) is 11.4 Å². The molecule has 2 aromatic heterocycles. The summed E-state index contributed by atoms with van der Waals surface area (Å²) in [6.07, 6.45) is 3.43. The van der Waals surface area contributed by atoms with Gasteiger partial charge >= 0.3 is 0 Å². The van der Waals surface area contributed by atoms with E-state index in [0.29, 0.717) is 18.2 Å². The first-order chi connectivity index (χ1) is 15.6. The van der Waals surface area contributed by atoms with E-state index in [-0.39, 0.29) is 17.0 Å². The van der Waals surface area contributed by atoms with Gasteiger partial charge in [-0.1, -0.05) is 54.2 Å². The van der Waals surface area contributed by atoms with E-state index in [1.165, 1.54) is 23.9 Å². The summed E-state index contributed by atoms with van der Waals surface area (Å²) in [6.45, 7) is 2.75. The molecule has 8 heteroatoms. The number of rotatable bonds is 8. The van der Waals surface area contributed by atoms with Crippen molar-refractivity contribution >= 4 is 17.7 Å². The fraction of sp³-hybridized carbons (Fsp3) is 0.167. The van der Waals surface area contributed by atoms with Gasteiger partial charge in [-0.25, -0.2) is 4.39 Å². The van der Waals surface area contributed by atoms with Crippen molar-refractivity contribution in [2.45, 2.75) is 30.4 Å². The van der Waals surface area contributed by atoms with E-state index in [1.807, 2.05) is 54.0 Å². The van der Waals surface area contributed by atoms with Crippen molar-refractivity contribution < 1.29 is 9.18 Å². The lowest BCUT2D eigenvalue weighted by Gasteiger charge is -2.14. The second-order valence-corrected chi connectivity index (χ2v) is 8.53. The zero-order valence-corrected chi connectivity index (χ0v) is 18.3. The monoisotopic (exact) mass is 447 g/mol. The highest BCUT2D eigenvalue weighted by Gasteiger charge is 2.21. The van der Waals surface area contributed by atoms with Crippen LogP contribution in [0.2, 0.25) is 0 Å². The number of thioether (sulfide) groups is 1. The maximum atomic E-state index is 13.1. The van der Waals surface area contributed by atoms with Gasteiger partial charge in [0.2, 0.25) is 5.91 Å². The number of carbonyl (C=O) groups excluding carboxylic acids is 1. The Morgan fingerprint density at radius 2 is 1.72 bits per heavy atom. The molecule has 4 rings (SSSR count). The number of amides is 1. The SMILES string of the molecule is CC(Sc1nnc(-c2ccncc2)n1Cc1ccccc1)C(=O)NCc1ccc(F)cc1. The first-order valence-corrected chi connectivity index (χ1v) is 11.0. The Balaban J connectivity index is 1.51. The lowest BCUT2D eigenvalue weighted by Crippen LogP contribution is -2.30. The van der Waals surface area contributed by atoms with Gasteiger partial charge in [0.05, 0.1) is 11.8 Å². The molecule has 1 N–H and O–H groups in total. The van der Waals surface area contributed by atoms with E-state index in [4.69, 9.17) is 0 Å². The summed E-state index contributed by atoms with van der Waals surface area (Å²) < 4.78 is 15.1. The van der Waals surface area contributed by atoms with E-state index in [1.54, 1.807) is 24.5 Å². The second kappa shape index (κ2) is 10.2. The smallest absolute Gasteiger partial charge is 0.233 e. The highest BCUT2D eigenvalue weighted by molar-refractivity contribution is 8.00. The average Bonchev–Trinajstić information content (AvgIpc) is 3.21. The van der Waals surface area contributed by atoms with Crippen LogP contribution >= 0.6 is 11.8 Å². The Morgan fingerprint density at radius 3 is 2.44 bits per heavy atom. The van der Waals surface area contributed by atoms with Gasteiger partial charge in [0.15, 0.2) is 11.0 Å². The molecule has 1 amide bonds. The third kappa shape index (κ3) is 5.39. The topological polar surface area (TPSA) is 72.7 Å². The zero-order valence-electron chi connectivity index (χ0n) is 17.5. The number of hydrogen-bond acceptors (Lipinski definition) is 5. The molecule has 0 spiro atoms. The number of nitrogens with zero attached hydrogens (tertiary/aromatic N) is 4. The lowest BCUT2D eigenvalue weighted by molar-refractivity contribution is -0.120. The third-order valence-corrected chi connectivity index (χ3v) is 5.95. The van der Waals surface area contributed by atoms with Crippen molar-refractivity contribution in [1.82, 2.24) is 25.1 Å². The molecular weight excluding hydrogens is 425 g/mol. The molecule has 0 saturated heterocycles. The predicted octanol–water partition coefficient (Wildman–Crippen LogP) is 4.32. The van der Waals surface area contributed by atoms with Crippen molar-refractivity contribution in [3.63, 3.8) is 0 Å². The van der Waals surface area contributed by atoms with Crippen LogP contribution in [0, 0.1) is 5.82 Å². The summed E-state index contributed by atoms with van der Waals surface area (Å²) in [5, 5.41) is 11.9. The summed E-state index contributed by atoms with van der Waals surface area (Å²) in [6, 6.07) is 19.9. The number of halogens is 1. The summed E-state index contributed by atoms with van der Waals surface area (Å²) in [5.41, 5.74) is 2.85. The molecule has 0 fully saturated rings. The Morgan fingerprint density at radius 1 is 1.00 bits per heavy atom. The van der Waals surface area contributed by atoms with Gasteiger partial charge in [-0.05, 0) is 42.3 Å². The van der Waals surface area contributed by atoms with Gasteiger partial charge in [0.25, 0.3) is 0 Å². The summed E-state index contributed by atoms with van der Waals surface area (Å²) >= 11 is 1.35. The standard InChI is InChI=1S/C24H22FN5OS/c1-17(23(31)27-15-18-7-9-21(25)10-8-18)32-24-29-28-22(20-11-13-26-14-12-20)30(24)16-19-5-3-2-4-6-19/h2-14,17H,15-16H2,1H3,(H,27,31). The zero-order chi connectivity index (χ0) is 22.3. The van der Waals surface area contributed by atoms with Gasteiger partial charge in [-0.3, -0.25) is 14.3 Å². The molecule has 6 nitrogen and oxygen atoms in total. The van der Waals surface area contributed by atoms with Crippen LogP contribution < -0.4 is 5.32 Å². The fourth-order valence-electron chi connectivity index (χ4n) is 3.15. The van der Waals surface area contributed by atoms with Crippen LogP contribution in [-0.2, 0) is 17.9 Å². The number of aromatic nitrogens is 4. The first kappa shape index (κ1) is 21.7. The quantitative estimate of drug-likeness (QED) is 0.407. The molecule has 0 aliphatic heterocycles. The predicted molar refractivity (Wildman–Crippen MR) is 122 cm³/mol. The van der Waals surface area contributed by atoms with Crippen molar-refractivity contribution in [2.24, 2.45) is 0 Å². The minimum Gasteiger partial charge on any atom is -0.351 e. The van der Waals surface area contributed by atoms with Gasteiger partial charge in [0.1, 0.15) is 5.82 Å². The van der Waals surface area contributed by atoms with Gasteiger partial charge < -0.3 is 5.32 Å². The molecule has 2 aromatic carbocycles. The van der Waals surface area contributed by atoms with E-state index in [0.717, 1.165) is 22.5 Å². The molecule has 1 unspecified atom stereocenters. The number of hydrogen-bond donors (Lipinski definition) is 1. The minimum absolute atomic E-state index is 0.126. The van der Waals surface area contributed by atoms with Gasteiger partial charge in [0, 0.05) is 24.5 Å². The number of pyridine rings is 1. The molecular formula is C24H22FN5OS. The van der Waals surface area contributed by atoms with E-state index >= 15 is 0 Å². The molecule has 0 bridgehead atoms. The average molecular weight is 448 g/mol. The molecule has 0 saturated carbocycles. The molecule has 162 valence electrons. The van der Waals surface area contributed by atoms with Gasteiger partial charge in [-0.15, -0.1) is 10.2 Å². The molecule has 0 radical (unpaired) electrons. The van der Waals surface area contributed by atoms with Crippen LogP contribution in [0.4, 0.5) is 4.39 Å². The third-order valence-electron chi connectivity index (χ3n) is 4.87. The van der Waals surface area contributed by atoms with Crippen molar-refractivity contribution in [3.05, 3.63) is 96.1 Å². The maximum Gasteiger partial charge on any atom is 0.233 e. The van der Waals surface area contributed by atoms with Gasteiger partial charge in [-0.2, -0.15) is 0 Å². The molecule has 4 aromatic rings. The number of carbonyl (C=O) groups is 1. The van der Waals surface area contributed by atoms with Crippen LogP contribution in [0.5, 0.6) is 0 Å². The Kier molecular flexibility index (Phi) is 6.91. The molecule has 2 heterocycles. The van der Waals surface area contributed by atoms with E-state index in [2.05, 4.69) is 20.5 Å². The van der Waals surface area contributed by atoms with Crippen molar-refractivity contribution in [1.29, 1.82) is 0 Å². The molecule has 32 heavy (non-hydrogen) atoms. The normalized spacial score (nSPS) is 11.8. The molecule has 1 atom stereocenters. The number of nitrogens with one attached hydrogen (secondary N) is 1. The fourth-order valence-corrected chi connectivity index (χ4v) is 4.02. The second-order valence-electron chi connectivity index (χ2n) is 7.22. The van der Waals surface area contributed by atoms with Crippen LogP contribution in [0.3, 0.4) is 0 Å². The van der Waals surface area contributed by atoms with Crippen LogP contribution in [0.1, 0.15) is 18.1 Å². The van der Waals surface area contributed by atoms with Crippen LogP contribution in [0.15, 0.2) is 84.3 Å². The highest BCUT2D eigenvalue weighted by atomic mass is 32.2. The summed E-state index contributed by atoms with van der Waals surface area (Å²) in [7, 11) is 0. The Hall–Kier alpha value is -3.52. The minimum atomic E-state index is -0.389. The Labute approximate surface area is 189 Å². The maximum absolute atomic E-state index is 13.1. The first-order valence-electron chi connectivity index (χ1n) is 10.2. The lowest BCUT2D eigenvalue weighted by atomic mass is 10.2. The molecule has 0 aliphatic carbocycles. The van der Waals surface area contributed by atoms with E-state index < -0.39 is 0 Å². The summed E-state index contributed by atoms with van der Waals surface area (Å²) in [5.74, 6) is 0.295. The van der Waals surface area contributed by atoms with Crippen molar-refractivity contribution in [3.8, 4) is 11.4 Å². The van der Waals surface area contributed by atoms with E-state index in [9.17, 15) is 9.18 Å². The van der Waals surface area contributed by atoms with Crippen LogP contribution in [-0.4, -0.2) is 30.9 Å². The largest absolute Gasteiger partial charge is 0.351 e. The highest BCUT2D eigenvalue weighted by Crippen LogP contribution is 2.27. The molecule has 0 aliphatic rings.